The van der Waals surface area contributed by atoms with Gasteiger partial charge in [0.2, 0.25) is 0 Å². The molecule has 4 nitrogen and oxygen atoms in total. The Hall–Kier alpha value is -1.84. The molecule has 4 heteroatoms. The SMILES string of the molecule is Nc1ccc2c(c1)CN([C@H]1CCCCCC1=O)C2=O. The first-order valence-electron chi connectivity index (χ1n) is 6.89. The first-order chi connectivity index (χ1) is 9.16. The maximum Gasteiger partial charge on any atom is 0.255 e. The molecular weight excluding hydrogens is 240 g/mol. The van der Waals surface area contributed by atoms with Gasteiger partial charge in [-0.15, -0.1) is 0 Å². The van der Waals surface area contributed by atoms with Gasteiger partial charge in [-0.1, -0.05) is 12.8 Å². The van der Waals surface area contributed by atoms with Crippen molar-refractivity contribution in [3.63, 3.8) is 0 Å². The number of anilines is 1. The van der Waals surface area contributed by atoms with Gasteiger partial charge in [0.25, 0.3) is 5.91 Å². The summed E-state index contributed by atoms with van der Waals surface area (Å²) >= 11 is 0. The highest BCUT2D eigenvalue weighted by Crippen LogP contribution is 2.30. The van der Waals surface area contributed by atoms with Crippen LogP contribution >= 0.6 is 0 Å². The summed E-state index contributed by atoms with van der Waals surface area (Å²) in [5.41, 5.74) is 8.07. The molecular formula is C15H18N2O2. The van der Waals surface area contributed by atoms with Crippen LogP contribution in [0.5, 0.6) is 0 Å². The van der Waals surface area contributed by atoms with E-state index >= 15 is 0 Å². The van der Waals surface area contributed by atoms with Gasteiger partial charge in [-0.25, -0.2) is 0 Å². The van der Waals surface area contributed by atoms with E-state index in [4.69, 9.17) is 5.73 Å². The van der Waals surface area contributed by atoms with E-state index in [0.717, 1.165) is 31.2 Å². The lowest BCUT2D eigenvalue weighted by atomic mass is 10.1. The molecule has 1 aromatic rings. The van der Waals surface area contributed by atoms with Crippen molar-refractivity contribution < 1.29 is 9.59 Å². The lowest BCUT2D eigenvalue weighted by Crippen LogP contribution is -2.40. The molecule has 19 heavy (non-hydrogen) atoms. The van der Waals surface area contributed by atoms with E-state index < -0.39 is 0 Å². The summed E-state index contributed by atoms with van der Waals surface area (Å²) in [6.45, 7) is 0.523. The van der Waals surface area contributed by atoms with Gasteiger partial charge >= 0.3 is 0 Å². The third-order valence-corrected chi connectivity index (χ3v) is 4.11. The largest absolute Gasteiger partial charge is 0.399 e. The third kappa shape index (κ3) is 2.11. The van der Waals surface area contributed by atoms with Gasteiger partial charge in [-0.2, -0.15) is 0 Å². The van der Waals surface area contributed by atoms with E-state index in [0.29, 0.717) is 24.2 Å². The number of carbonyl (C=O) groups excluding carboxylic acids is 2. The summed E-state index contributed by atoms with van der Waals surface area (Å²) in [4.78, 5) is 26.3. The minimum Gasteiger partial charge on any atom is -0.399 e. The fraction of sp³-hybridized carbons (Fsp3) is 0.467. The highest BCUT2D eigenvalue weighted by Gasteiger charge is 2.36. The average Bonchev–Trinajstić information content (AvgIpc) is 2.57. The second kappa shape index (κ2) is 4.68. The molecule has 0 saturated heterocycles. The highest BCUT2D eigenvalue weighted by atomic mass is 16.2. The molecule has 1 amide bonds. The molecule has 0 unspecified atom stereocenters. The predicted octanol–water partition coefficient (Wildman–Crippen LogP) is 2.13. The summed E-state index contributed by atoms with van der Waals surface area (Å²) in [5, 5.41) is 0. The summed E-state index contributed by atoms with van der Waals surface area (Å²) in [6.07, 6.45) is 4.47. The first-order valence-corrected chi connectivity index (χ1v) is 6.89. The zero-order valence-corrected chi connectivity index (χ0v) is 10.9. The number of carbonyl (C=O) groups is 2. The van der Waals surface area contributed by atoms with E-state index in [2.05, 4.69) is 0 Å². The van der Waals surface area contributed by atoms with Crippen molar-refractivity contribution >= 4 is 17.4 Å². The number of nitrogens with zero attached hydrogens (tertiary/aromatic N) is 1. The van der Waals surface area contributed by atoms with Crippen molar-refractivity contribution in [2.75, 3.05) is 5.73 Å². The van der Waals surface area contributed by atoms with Gasteiger partial charge in [0, 0.05) is 24.2 Å². The Bertz CT molecular complexity index is 539. The van der Waals surface area contributed by atoms with Crippen LogP contribution in [0.3, 0.4) is 0 Å². The summed E-state index contributed by atoms with van der Waals surface area (Å²) in [7, 11) is 0. The zero-order chi connectivity index (χ0) is 13.4. The van der Waals surface area contributed by atoms with Gasteiger partial charge in [-0.3, -0.25) is 9.59 Å². The minimum absolute atomic E-state index is 0.0183. The van der Waals surface area contributed by atoms with E-state index in [9.17, 15) is 9.59 Å². The first kappa shape index (κ1) is 12.2. The lowest BCUT2D eigenvalue weighted by molar-refractivity contribution is -0.123. The quantitative estimate of drug-likeness (QED) is 0.620. The Kier molecular flexibility index (Phi) is 3.01. The maximum absolute atomic E-state index is 12.4. The minimum atomic E-state index is -0.233. The third-order valence-electron chi connectivity index (χ3n) is 4.11. The molecule has 1 fully saturated rings. The van der Waals surface area contributed by atoms with Gasteiger partial charge < -0.3 is 10.6 Å². The molecule has 0 bridgehead atoms. The number of hydrogen-bond donors (Lipinski definition) is 1. The van der Waals surface area contributed by atoms with Crippen LogP contribution in [0.4, 0.5) is 5.69 Å². The summed E-state index contributed by atoms with van der Waals surface area (Å²) in [6, 6.07) is 5.13. The topological polar surface area (TPSA) is 63.4 Å². The van der Waals surface area contributed by atoms with Crippen molar-refractivity contribution in [2.45, 2.75) is 44.7 Å². The highest BCUT2D eigenvalue weighted by molar-refractivity contribution is 6.01. The molecule has 0 aromatic heterocycles. The number of benzene rings is 1. The monoisotopic (exact) mass is 258 g/mol. The molecule has 1 heterocycles. The maximum atomic E-state index is 12.4. The van der Waals surface area contributed by atoms with Crippen molar-refractivity contribution in [3.05, 3.63) is 29.3 Å². The number of amides is 1. The molecule has 1 saturated carbocycles. The Morgan fingerprint density at radius 1 is 1.16 bits per heavy atom. The van der Waals surface area contributed by atoms with Crippen LogP contribution in [-0.4, -0.2) is 22.6 Å². The van der Waals surface area contributed by atoms with E-state index in [1.807, 2.05) is 6.07 Å². The van der Waals surface area contributed by atoms with Gasteiger partial charge in [-0.05, 0) is 36.6 Å². The zero-order valence-electron chi connectivity index (χ0n) is 10.9. The molecule has 3 rings (SSSR count). The van der Waals surface area contributed by atoms with Gasteiger partial charge in [0.15, 0.2) is 5.78 Å². The van der Waals surface area contributed by atoms with Crippen LogP contribution in [0.2, 0.25) is 0 Å². The van der Waals surface area contributed by atoms with Crippen molar-refractivity contribution in [3.8, 4) is 0 Å². The fourth-order valence-electron chi connectivity index (χ4n) is 3.09. The van der Waals surface area contributed by atoms with Crippen LogP contribution in [0.25, 0.3) is 0 Å². The van der Waals surface area contributed by atoms with Gasteiger partial charge in [0.05, 0.1) is 6.04 Å². The Balaban J connectivity index is 1.88. The Morgan fingerprint density at radius 2 is 2.00 bits per heavy atom. The molecule has 1 aliphatic heterocycles. The molecule has 2 N–H and O–H groups in total. The number of nitrogen functional groups attached to an aromatic ring is 1. The Labute approximate surface area is 112 Å². The van der Waals surface area contributed by atoms with Crippen LogP contribution < -0.4 is 5.73 Å². The second-order valence-corrected chi connectivity index (χ2v) is 5.43. The van der Waals surface area contributed by atoms with E-state index in [1.54, 1.807) is 17.0 Å². The van der Waals surface area contributed by atoms with Gasteiger partial charge in [0.1, 0.15) is 0 Å². The smallest absolute Gasteiger partial charge is 0.255 e. The molecule has 1 atom stereocenters. The predicted molar refractivity (Wildman–Crippen MR) is 72.6 cm³/mol. The fourth-order valence-corrected chi connectivity index (χ4v) is 3.09. The molecule has 1 aromatic carbocycles. The number of Topliss-reactive ketones (excluding diaryl/α,β-unsaturated/α-hetero) is 1. The number of fused-ring (bicyclic) bond motifs is 1. The summed E-state index contributed by atoms with van der Waals surface area (Å²) in [5.74, 6) is 0.196. The molecule has 0 spiro atoms. The van der Waals surface area contributed by atoms with Crippen LogP contribution in [0.1, 0.15) is 48.0 Å². The Morgan fingerprint density at radius 3 is 2.84 bits per heavy atom. The van der Waals surface area contributed by atoms with Crippen LogP contribution in [-0.2, 0) is 11.3 Å². The summed E-state index contributed by atoms with van der Waals surface area (Å²) < 4.78 is 0. The number of rotatable bonds is 1. The van der Waals surface area contributed by atoms with Crippen molar-refractivity contribution in [2.24, 2.45) is 0 Å². The standard InChI is InChI=1S/C15H18N2O2/c16-11-6-7-12-10(8-11)9-17(15(12)19)13-4-2-1-3-5-14(13)18/h6-8,13H,1-5,9,16H2/t13-/m0/s1. The van der Waals surface area contributed by atoms with Crippen molar-refractivity contribution in [1.82, 2.24) is 4.90 Å². The normalized spacial score (nSPS) is 23.4. The molecule has 1 aliphatic carbocycles. The van der Waals surface area contributed by atoms with E-state index in [-0.39, 0.29) is 17.7 Å². The van der Waals surface area contributed by atoms with Crippen LogP contribution in [0, 0.1) is 0 Å². The number of nitrogens with two attached hydrogens (primary N) is 1. The second-order valence-electron chi connectivity index (χ2n) is 5.43. The average molecular weight is 258 g/mol. The van der Waals surface area contributed by atoms with Crippen LogP contribution in [0.15, 0.2) is 18.2 Å². The molecule has 0 radical (unpaired) electrons. The number of ketones is 1. The lowest BCUT2D eigenvalue weighted by Gasteiger charge is -2.25. The van der Waals surface area contributed by atoms with Crippen molar-refractivity contribution in [1.29, 1.82) is 0 Å². The molecule has 2 aliphatic rings. The van der Waals surface area contributed by atoms with E-state index in [1.165, 1.54) is 0 Å². The molecule has 100 valence electrons. The number of hydrogen-bond acceptors (Lipinski definition) is 3.